The van der Waals surface area contributed by atoms with E-state index in [1.54, 1.807) is 32.4 Å². The number of hydrogen-bond acceptors (Lipinski definition) is 4. The summed E-state index contributed by atoms with van der Waals surface area (Å²) in [7, 11) is 3.09. The number of ether oxygens (including phenoxy) is 2. The van der Waals surface area contributed by atoms with Crippen molar-refractivity contribution in [2.24, 2.45) is 0 Å². The minimum absolute atomic E-state index is 0.225. The van der Waals surface area contributed by atoms with Crippen LogP contribution >= 0.6 is 0 Å². The molecule has 0 aromatic heterocycles. The topological polar surface area (TPSA) is 55.8 Å². The molecular formula is C16H22O4. The molecule has 1 aromatic carbocycles. The van der Waals surface area contributed by atoms with Crippen molar-refractivity contribution in [1.29, 1.82) is 0 Å². The van der Waals surface area contributed by atoms with Gasteiger partial charge in [-0.15, -0.1) is 0 Å². The smallest absolute Gasteiger partial charge is 0.194 e. The average Bonchev–Trinajstić information content (AvgIpc) is 2.71. The van der Waals surface area contributed by atoms with Crippen LogP contribution in [0.15, 0.2) is 18.2 Å². The largest absolute Gasteiger partial charge is 0.497 e. The third-order valence-electron chi connectivity index (χ3n) is 3.97. The van der Waals surface area contributed by atoms with Crippen LogP contribution in [0.5, 0.6) is 11.5 Å². The SMILES string of the molecule is COc1cc(OC)cc(C(=O)C2(O)CCCCCC2)c1. The third-order valence-corrected chi connectivity index (χ3v) is 3.97. The Morgan fingerprint density at radius 1 is 1.00 bits per heavy atom. The van der Waals surface area contributed by atoms with Crippen LogP contribution in [0.4, 0.5) is 0 Å². The zero-order valence-electron chi connectivity index (χ0n) is 12.1. The van der Waals surface area contributed by atoms with Gasteiger partial charge < -0.3 is 14.6 Å². The van der Waals surface area contributed by atoms with Crippen LogP contribution in [-0.4, -0.2) is 30.7 Å². The number of methoxy groups -OCH3 is 2. The van der Waals surface area contributed by atoms with Gasteiger partial charge in [0.05, 0.1) is 14.2 Å². The molecule has 0 bridgehead atoms. The highest BCUT2D eigenvalue weighted by molar-refractivity contribution is 6.03. The Balaban J connectivity index is 2.31. The fourth-order valence-electron chi connectivity index (χ4n) is 2.75. The van der Waals surface area contributed by atoms with Gasteiger partial charge in [-0.05, 0) is 25.0 Å². The number of Topliss-reactive ketones (excluding diaryl/α,β-unsaturated/α-hetero) is 1. The Hall–Kier alpha value is -1.55. The van der Waals surface area contributed by atoms with Crippen LogP contribution in [0.25, 0.3) is 0 Å². The van der Waals surface area contributed by atoms with E-state index >= 15 is 0 Å². The second kappa shape index (κ2) is 6.27. The zero-order chi connectivity index (χ0) is 14.6. The lowest BCUT2D eigenvalue weighted by Crippen LogP contribution is -2.38. The monoisotopic (exact) mass is 278 g/mol. The van der Waals surface area contributed by atoms with E-state index in [0.29, 0.717) is 29.9 Å². The van der Waals surface area contributed by atoms with Crippen molar-refractivity contribution in [1.82, 2.24) is 0 Å². The van der Waals surface area contributed by atoms with Crippen LogP contribution in [0.2, 0.25) is 0 Å². The van der Waals surface area contributed by atoms with Gasteiger partial charge in [0.25, 0.3) is 0 Å². The lowest BCUT2D eigenvalue weighted by Gasteiger charge is -2.25. The van der Waals surface area contributed by atoms with E-state index in [1.165, 1.54) is 0 Å². The first-order valence-electron chi connectivity index (χ1n) is 7.09. The van der Waals surface area contributed by atoms with Crippen molar-refractivity contribution in [3.8, 4) is 11.5 Å². The minimum atomic E-state index is -1.24. The highest BCUT2D eigenvalue weighted by Crippen LogP contribution is 2.32. The molecule has 2 rings (SSSR count). The van der Waals surface area contributed by atoms with E-state index in [0.717, 1.165) is 25.7 Å². The van der Waals surface area contributed by atoms with Crippen LogP contribution in [0, 0.1) is 0 Å². The first-order chi connectivity index (χ1) is 9.59. The Morgan fingerprint density at radius 3 is 1.95 bits per heavy atom. The lowest BCUT2D eigenvalue weighted by molar-refractivity contribution is 0.0237. The summed E-state index contributed by atoms with van der Waals surface area (Å²) in [6.45, 7) is 0. The molecular weight excluding hydrogens is 256 g/mol. The Kier molecular flexibility index (Phi) is 4.65. The number of carbonyl (C=O) groups excluding carboxylic acids is 1. The molecule has 4 heteroatoms. The van der Waals surface area contributed by atoms with Crippen molar-refractivity contribution in [2.75, 3.05) is 14.2 Å². The summed E-state index contributed by atoms with van der Waals surface area (Å²) in [5, 5.41) is 10.7. The Labute approximate surface area is 119 Å². The summed E-state index contributed by atoms with van der Waals surface area (Å²) >= 11 is 0. The molecule has 1 aliphatic carbocycles. The molecule has 1 fully saturated rings. The van der Waals surface area contributed by atoms with Crippen LogP contribution in [-0.2, 0) is 0 Å². The molecule has 0 amide bonds. The second-order valence-electron chi connectivity index (χ2n) is 5.38. The molecule has 0 radical (unpaired) electrons. The molecule has 20 heavy (non-hydrogen) atoms. The van der Waals surface area contributed by atoms with Crippen LogP contribution < -0.4 is 9.47 Å². The van der Waals surface area contributed by atoms with Crippen molar-refractivity contribution in [3.05, 3.63) is 23.8 Å². The number of ketones is 1. The molecule has 1 aromatic rings. The van der Waals surface area contributed by atoms with Gasteiger partial charge in [0, 0.05) is 11.6 Å². The molecule has 4 nitrogen and oxygen atoms in total. The zero-order valence-corrected chi connectivity index (χ0v) is 12.1. The fourth-order valence-corrected chi connectivity index (χ4v) is 2.75. The van der Waals surface area contributed by atoms with Gasteiger partial charge in [0.1, 0.15) is 17.1 Å². The first kappa shape index (κ1) is 14.9. The van der Waals surface area contributed by atoms with Crippen molar-refractivity contribution >= 4 is 5.78 Å². The Bertz CT molecular complexity index is 451. The predicted octanol–water partition coefficient (Wildman–Crippen LogP) is 2.97. The summed E-state index contributed by atoms with van der Waals surface area (Å²) < 4.78 is 10.4. The van der Waals surface area contributed by atoms with Gasteiger partial charge in [-0.2, -0.15) is 0 Å². The van der Waals surface area contributed by atoms with Crippen molar-refractivity contribution in [2.45, 2.75) is 44.1 Å². The quantitative estimate of drug-likeness (QED) is 0.679. The van der Waals surface area contributed by atoms with Crippen LogP contribution in [0.3, 0.4) is 0 Å². The van der Waals surface area contributed by atoms with E-state index < -0.39 is 5.60 Å². The predicted molar refractivity (Wildman–Crippen MR) is 76.5 cm³/mol. The Morgan fingerprint density at radius 2 is 1.50 bits per heavy atom. The van der Waals surface area contributed by atoms with Gasteiger partial charge in [-0.3, -0.25) is 4.79 Å². The lowest BCUT2D eigenvalue weighted by atomic mass is 9.86. The molecule has 0 saturated heterocycles. The second-order valence-corrected chi connectivity index (χ2v) is 5.38. The molecule has 0 aliphatic heterocycles. The third kappa shape index (κ3) is 3.12. The molecule has 1 saturated carbocycles. The van der Waals surface area contributed by atoms with E-state index in [4.69, 9.17) is 9.47 Å². The highest BCUT2D eigenvalue weighted by atomic mass is 16.5. The van der Waals surface area contributed by atoms with E-state index in [1.807, 2.05) is 0 Å². The standard InChI is InChI=1S/C16H22O4/c1-19-13-9-12(10-14(11-13)20-2)15(17)16(18)7-5-3-4-6-8-16/h9-11,18H,3-8H2,1-2H3. The van der Waals surface area contributed by atoms with Crippen molar-refractivity contribution < 1.29 is 19.4 Å². The number of hydrogen-bond donors (Lipinski definition) is 1. The van der Waals surface area contributed by atoms with Crippen molar-refractivity contribution in [3.63, 3.8) is 0 Å². The highest BCUT2D eigenvalue weighted by Gasteiger charge is 2.36. The number of carbonyl (C=O) groups is 1. The van der Waals surface area contributed by atoms with Crippen LogP contribution in [0.1, 0.15) is 48.9 Å². The number of aliphatic hydroxyl groups is 1. The number of benzene rings is 1. The van der Waals surface area contributed by atoms with Gasteiger partial charge in [-0.1, -0.05) is 25.7 Å². The first-order valence-corrected chi connectivity index (χ1v) is 7.09. The van der Waals surface area contributed by atoms with E-state index in [-0.39, 0.29) is 5.78 Å². The summed E-state index contributed by atoms with van der Waals surface area (Å²) in [4.78, 5) is 12.6. The molecule has 1 N–H and O–H groups in total. The minimum Gasteiger partial charge on any atom is -0.497 e. The van der Waals surface area contributed by atoms with Gasteiger partial charge in [0.2, 0.25) is 0 Å². The summed E-state index contributed by atoms with van der Waals surface area (Å²) in [5.41, 5.74) is -0.793. The molecule has 0 spiro atoms. The molecule has 0 atom stereocenters. The number of rotatable bonds is 4. The molecule has 0 unspecified atom stereocenters. The maximum Gasteiger partial charge on any atom is 0.194 e. The van der Waals surface area contributed by atoms with Gasteiger partial charge in [-0.25, -0.2) is 0 Å². The molecule has 110 valence electrons. The van der Waals surface area contributed by atoms with Gasteiger partial charge >= 0.3 is 0 Å². The summed E-state index contributed by atoms with van der Waals surface area (Å²) in [6.07, 6.45) is 5.01. The van der Waals surface area contributed by atoms with E-state index in [9.17, 15) is 9.90 Å². The summed E-state index contributed by atoms with van der Waals surface area (Å²) in [5.74, 6) is 0.895. The average molecular weight is 278 g/mol. The normalized spacial score (nSPS) is 18.1. The molecule has 0 heterocycles. The van der Waals surface area contributed by atoms with Gasteiger partial charge in [0.15, 0.2) is 5.78 Å². The summed E-state index contributed by atoms with van der Waals surface area (Å²) in [6, 6.07) is 5.04. The maximum atomic E-state index is 12.6. The maximum absolute atomic E-state index is 12.6. The molecule has 1 aliphatic rings. The fraction of sp³-hybridized carbons (Fsp3) is 0.562. The van der Waals surface area contributed by atoms with E-state index in [2.05, 4.69) is 0 Å².